The van der Waals surface area contributed by atoms with Gasteiger partial charge in [-0.3, -0.25) is 0 Å². The smallest absolute Gasteiger partial charge is 0.0954 e. The van der Waals surface area contributed by atoms with Crippen LogP contribution in [0.4, 0.5) is 0 Å². The largest absolute Gasteiger partial charge is 0.501 e. The summed E-state index contributed by atoms with van der Waals surface area (Å²) in [6.07, 6.45) is 11.0. The fourth-order valence-corrected chi connectivity index (χ4v) is 3.61. The lowest BCUT2D eigenvalue weighted by Gasteiger charge is -2.36. The SMILES string of the molecule is C=CCOCC1(COC=CC)CC2CCC1C2. The van der Waals surface area contributed by atoms with E-state index in [0.717, 1.165) is 25.0 Å². The highest BCUT2D eigenvalue weighted by molar-refractivity contribution is 5.00. The fraction of sp³-hybridized carbons (Fsp3) is 0.733. The summed E-state index contributed by atoms with van der Waals surface area (Å²) >= 11 is 0. The van der Waals surface area contributed by atoms with Gasteiger partial charge < -0.3 is 9.47 Å². The molecule has 0 amide bonds. The first-order valence-corrected chi connectivity index (χ1v) is 6.72. The van der Waals surface area contributed by atoms with E-state index in [0.29, 0.717) is 6.61 Å². The van der Waals surface area contributed by atoms with Gasteiger partial charge in [-0.25, -0.2) is 0 Å². The van der Waals surface area contributed by atoms with Crippen molar-refractivity contribution in [3.8, 4) is 0 Å². The molecule has 2 heteroatoms. The predicted octanol–water partition coefficient (Wildman–Crippen LogP) is 3.55. The lowest BCUT2D eigenvalue weighted by Crippen LogP contribution is -2.37. The second-order valence-electron chi connectivity index (χ2n) is 5.53. The van der Waals surface area contributed by atoms with Crippen LogP contribution in [0.25, 0.3) is 0 Å². The van der Waals surface area contributed by atoms with Crippen LogP contribution in [-0.2, 0) is 9.47 Å². The molecule has 0 aromatic heterocycles. The van der Waals surface area contributed by atoms with Crippen LogP contribution >= 0.6 is 0 Å². The topological polar surface area (TPSA) is 18.5 Å². The second-order valence-corrected chi connectivity index (χ2v) is 5.53. The average Bonchev–Trinajstić information content (AvgIpc) is 2.90. The molecule has 2 rings (SSSR count). The van der Waals surface area contributed by atoms with E-state index < -0.39 is 0 Å². The van der Waals surface area contributed by atoms with Crippen molar-refractivity contribution in [2.75, 3.05) is 19.8 Å². The average molecular weight is 236 g/mol. The summed E-state index contributed by atoms with van der Waals surface area (Å²) in [5.41, 5.74) is 0.269. The quantitative estimate of drug-likeness (QED) is 0.382. The van der Waals surface area contributed by atoms with Gasteiger partial charge in [0.1, 0.15) is 0 Å². The highest BCUT2D eigenvalue weighted by atomic mass is 16.5. The third kappa shape index (κ3) is 2.74. The molecule has 2 aliphatic carbocycles. The Kier molecular flexibility index (Phi) is 4.27. The molecule has 0 aromatic carbocycles. The molecule has 2 aliphatic rings. The van der Waals surface area contributed by atoms with Gasteiger partial charge in [0.15, 0.2) is 0 Å². The third-order valence-electron chi connectivity index (χ3n) is 4.33. The predicted molar refractivity (Wildman–Crippen MR) is 69.7 cm³/mol. The summed E-state index contributed by atoms with van der Waals surface area (Å²) in [4.78, 5) is 0. The third-order valence-corrected chi connectivity index (χ3v) is 4.33. The van der Waals surface area contributed by atoms with E-state index in [1.165, 1.54) is 25.7 Å². The monoisotopic (exact) mass is 236 g/mol. The molecule has 0 radical (unpaired) electrons. The number of fused-ring (bicyclic) bond motifs is 2. The van der Waals surface area contributed by atoms with Gasteiger partial charge in [0.2, 0.25) is 0 Å². The Bertz CT molecular complexity index is 285. The van der Waals surface area contributed by atoms with Crippen LogP contribution in [0.5, 0.6) is 0 Å². The molecule has 0 saturated heterocycles. The van der Waals surface area contributed by atoms with Gasteiger partial charge >= 0.3 is 0 Å². The van der Waals surface area contributed by atoms with Gasteiger partial charge in [0.05, 0.1) is 26.1 Å². The summed E-state index contributed by atoms with van der Waals surface area (Å²) in [7, 11) is 0. The van der Waals surface area contributed by atoms with Gasteiger partial charge in [-0.05, 0) is 38.0 Å². The van der Waals surface area contributed by atoms with Crippen LogP contribution in [-0.4, -0.2) is 19.8 Å². The van der Waals surface area contributed by atoms with E-state index in [2.05, 4.69) is 6.58 Å². The highest BCUT2D eigenvalue weighted by Gasteiger charge is 2.51. The van der Waals surface area contributed by atoms with Crippen molar-refractivity contribution in [1.82, 2.24) is 0 Å². The summed E-state index contributed by atoms with van der Waals surface area (Å²) < 4.78 is 11.4. The van der Waals surface area contributed by atoms with Crippen LogP contribution in [0.3, 0.4) is 0 Å². The van der Waals surface area contributed by atoms with Crippen molar-refractivity contribution in [3.05, 3.63) is 25.0 Å². The Labute approximate surface area is 105 Å². The van der Waals surface area contributed by atoms with Crippen LogP contribution in [0, 0.1) is 17.3 Å². The van der Waals surface area contributed by atoms with Gasteiger partial charge in [-0.2, -0.15) is 0 Å². The maximum Gasteiger partial charge on any atom is 0.0954 e. The van der Waals surface area contributed by atoms with E-state index in [1.807, 2.05) is 19.1 Å². The van der Waals surface area contributed by atoms with Crippen molar-refractivity contribution in [3.63, 3.8) is 0 Å². The van der Waals surface area contributed by atoms with E-state index in [9.17, 15) is 0 Å². The zero-order valence-corrected chi connectivity index (χ0v) is 10.9. The van der Waals surface area contributed by atoms with Crippen molar-refractivity contribution >= 4 is 0 Å². The van der Waals surface area contributed by atoms with E-state index in [4.69, 9.17) is 9.47 Å². The van der Waals surface area contributed by atoms with E-state index in [-0.39, 0.29) is 5.41 Å². The molecule has 0 aromatic rings. The minimum absolute atomic E-state index is 0.269. The van der Waals surface area contributed by atoms with Crippen LogP contribution in [0.15, 0.2) is 25.0 Å². The van der Waals surface area contributed by atoms with E-state index >= 15 is 0 Å². The first-order valence-electron chi connectivity index (χ1n) is 6.72. The summed E-state index contributed by atoms with van der Waals surface area (Å²) in [6, 6.07) is 0. The first kappa shape index (κ1) is 12.7. The van der Waals surface area contributed by atoms with Crippen molar-refractivity contribution in [1.29, 1.82) is 0 Å². The lowest BCUT2D eigenvalue weighted by molar-refractivity contribution is -0.0245. The van der Waals surface area contributed by atoms with E-state index in [1.54, 1.807) is 6.26 Å². The maximum atomic E-state index is 5.73. The number of hydrogen-bond acceptors (Lipinski definition) is 2. The molecule has 2 nitrogen and oxygen atoms in total. The zero-order valence-electron chi connectivity index (χ0n) is 10.9. The van der Waals surface area contributed by atoms with Crippen molar-refractivity contribution in [2.45, 2.75) is 32.6 Å². The Morgan fingerprint density at radius 1 is 1.35 bits per heavy atom. The van der Waals surface area contributed by atoms with Crippen LogP contribution in [0.1, 0.15) is 32.6 Å². The molecule has 2 bridgehead atoms. The molecule has 96 valence electrons. The van der Waals surface area contributed by atoms with Crippen LogP contribution in [0.2, 0.25) is 0 Å². The lowest BCUT2D eigenvalue weighted by atomic mass is 9.74. The standard InChI is InChI=1S/C15H24O2/c1-3-7-16-11-15(12-17-8-4-2)10-13-5-6-14(15)9-13/h3-4,8,13-14H,1,5-7,9-12H2,2H3. The van der Waals surface area contributed by atoms with Crippen molar-refractivity contribution < 1.29 is 9.47 Å². The molecular formula is C15H24O2. The van der Waals surface area contributed by atoms with Gasteiger partial charge in [0, 0.05) is 5.41 Å². The molecule has 0 aliphatic heterocycles. The number of rotatable bonds is 7. The maximum absolute atomic E-state index is 5.73. The number of allylic oxidation sites excluding steroid dienone is 1. The number of hydrogen-bond donors (Lipinski definition) is 0. The van der Waals surface area contributed by atoms with Crippen molar-refractivity contribution in [2.24, 2.45) is 17.3 Å². The Balaban J connectivity index is 1.93. The van der Waals surface area contributed by atoms with Gasteiger partial charge in [0.25, 0.3) is 0 Å². The second kappa shape index (κ2) is 5.72. The molecular weight excluding hydrogens is 212 g/mol. The zero-order chi connectivity index (χ0) is 12.1. The Morgan fingerprint density at radius 3 is 2.82 bits per heavy atom. The van der Waals surface area contributed by atoms with Gasteiger partial charge in [-0.1, -0.05) is 18.6 Å². The summed E-state index contributed by atoms with van der Waals surface area (Å²) in [5.74, 6) is 1.73. The Hall–Kier alpha value is -0.760. The highest BCUT2D eigenvalue weighted by Crippen LogP contribution is 2.56. The summed E-state index contributed by atoms with van der Waals surface area (Å²) in [6.45, 7) is 7.99. The number of ether oxygens (including phenoxy) is 2. The molecule has 0 heterocycles. The van der Waals surface area contributed by atoms with Crippen LogP contribution < -0.4 is 0 Å². The molecule has 3 atom stereocenters. The summed E-state index contributed by atoms with van der Waals surface area (Å²) in [5, 5.41) is 0. The van der Waals surface area contributed by atoms with Gasteiger partial charge in [-0.15, -0.1) is 6.58 Å². The molecule has 3 unspecified atom stereocenters. The fourth-order valence-electron chi connectivity index (χ4n) is 3.61. The molecule has 0 spiro atoms. The minimum Gasteiger partial charge on any atom is -0.501 e. The molecule has 0 N–H and O–H groups in total. The Morgan fingerprint density at radius 2 is 2.24 bits per heavy atom. The molecule has 17 heavy (non-hydrogen) atoms. The minimum atomic E-state index is 0.269. The molecule has 2 saturated carbocycles. The first-order chi connectivity index (χ1) is 8.30. The molecule has 2 fully saturated rings. The normalized spacial score (nSPS) is 35.6.